The summed E-state index contributed by atoms with van der Waals surface area (Å²) in [5.74, 6) is 1.16. The van der Waals surface area contributed by atoms with E-state index in [0.717, 1.165) is 40.2 Å². The van der Waals surface area contributed by atoms with E-state index in [1.54, 1.807) is 23.0 Å². The van der Waals surface area contributed by atoms with Gasteiger partial charge in [-0.2, -0.15) is 5.10 Å². The molecule has 0 radical (unpaired) electrons. The molecular weight excluding hydrogens is 536 g/mol. The van der Waals surface area contributed by atoms with E-state index in [0.29, 0.717) is 30.5 Å². The van der Waals surface area contributed by atoms with Crippen molar-refractivity contribution in [2.24, 2.45) is 0 Å². The Morgan fingerprint density at radius 1 is 1.00 bits per heavy atom. The zero-order chi connectivity index (χ0) is 29.1. The molecule has 41 heavy (non-hydrogen) atoms. The van der Waals surface area contributed by atoms with E-state index in [1.165, 1.54) is 11.3 Å². The largest absolute Gasteiger partial charge is 0.474 e. The standard InChI is InChI=1S/C31H36N6O3S/c1-20-6-9-23(10-7-20)37-26(18-25(35-37)31(3,4)5)34-30(39)33-22-8-11-27(32-19-22)40-24-12-15-36(16-13-24)29(38)28-21(2)14-17-41-28/h6-11,14,17-19,24H,12-13,15-16H2,1-5H3,(H2,33,34,39). The molecule has 3 amide bonds. The summed E-state index contributed by atoms with van der Waals surface area (Å²) >= 11 is 1.49. The van der Waals surface area contributed by atoms with Crippen LogP contribution in [-0.2, 0) is 5.41 Å². The summed E-state index contributed by atoms with van der Waals surface area (Å²) in [5, 5.41) is 12.5. The van der Waals surface area contributed by atoms with Gasteiger partial charge in [-0.25, -0.2) is 14.5 Å². The van der Waals surface area contributed by atoms with Crippen LogP contribution in [0, 0.1) is 13.8 Å². The molecule has 0 unspecified atom stereocenters. The lowest BCUT2D eigenvalue weighted by atomic mass is 9.92. The molecule has 0 spiro atoms. The van der Waals surface area contributed by atoms with Gasteiger partial charge in [0.05, 0.1) is 28.1 Å². The maximum Gasteiger partial charge on any atom is 0.324 e. The van der Waals surface area contributed by atoms with E-state index in [-0.39, 0.29) is 17.4 Å². The van der Waals surface area contributed by atoms with E-state index in [2.05, 4.69) is 36.4 Å². The minimum atomic E-state index is -0.396. The van der Waals surface area contributed by atoms with Crippen LogP contribution in [0.25, 0.3) is 5.69 Å². The lowest BCUT2D eigenvalue weighted by Crippen LogP contribution is -2.41. The molecule has 4 aromatic rings. The monoisotopic (exact) mass is 572 g/mol. The number of pyridine rings is 1. The third kappa shape index (κ3) is 6.77. The van der Waals surface area contributed by atoms with Crippen LogP contribution in [0.4, 0.5) is 16.3 Å². The summed E-state index contributed by atoms with van der Waals surface area (Å²) in [5.41, 5.74) is 4.26. The van der Waals surface area contributed by atoms with Crippen molar-refractivity contribution in [1.29, 1.82) is 0 Å². The molecule has 1 saturated heterocycles. The highest BCUT2D eigenvalue weighted by Gasteiger charge is 2.26. The van der Waals surface area contributed by atoms with Crippen molar-refractivity contribution in [2.75, 3.05) is 23.7 Å². The summed E-state index contributed by atoms with van der Waals surface area (Å²) in [7, 11) is 0. The topological polar surface area (TPSA) is 101 Å². The Balaban J connectivity index is 1.17. The number of likely N-dealkylation sites (tertiary alicyclic amines) is 1. The van der Waals surface area contributed by atoms with Gasteiger partial charge >= 0.3 is 6.03 Å². The van der Waals surface area contributed by atoms with Crippen LogP contribution in [0.2, 0.25) is 0 Å². The highest BCUT2D eigenvalue weighted by atomic mass is 32.1. The normalized spacial score (nSPS) is 14.1. The zero-order valence-corrected chi connectivity index (χ0v) is 24.9. The molecular formula is C31H36N6O3S. The SMILES string of the molecule is Cc1ccc(-n2nc(C(C)(C)C)cc2NC(=O)Nc2ccc(OC3CCN(C(=O)c4sccc4C)CC3)nc2)cc1. The summed E-state index contributed by atoms with van der Waals surface area (Å²) in [6.07, 6.45) is 3.04. The fourth-order valence-corrected chi connectivity index (χ4v) is 5.50. The van der Waals surface area contributed by atoms with Crippen LogP contribution in [0.5, 0.6) is 5.88 Å². The highest BCUT2D eigenvalue weighted by Crippen LogP contribution is 2.27. The Morgan fingerprint density at radius 3 is 2.34 bits per heavy atom. The van der Waals surface area contributed by atoms with Crippen LogP contribution in [0.15, 0.2) is 60.1 Å². The number of amides is 3. The third-order valence-electron chi connectivity index (χ3n) is 7.07. The molecule has 9 nitrogen and oxygen atoms in total. The number of ether oxygens (including phenoxy) is 1. The molecule has 4 heterocycles. The number of anilines is 2. The van der Waals surface area contributed by atoms with Crippen LogP contribution in [0.1, 0.15) is 60.1 Å². The summed E-state index contributed by atoms with van der Waals surface area (Å²) in [4.78, 5) is 32.8. The van der Waals surface area contributed by atoms with Crippen molar-refractivity contribution < 1.29 is 14.3 Å². The van der Waals surface area contributed by atoms with E-state index in [1.807, 2.05) is 60.5 Å². The van der Waals surface area contributed by atoms with Gasteiger partial charge in [0.1, 0.15) is 11.9 Å². The van der Waals surface area contributed by atoms with E-state index >= 15 is 0 Å². The predicted molar refractivity (Wildman–Crippen MR) is 162 cm³/mol. The number of rotatable bonds is 6. The van der Waals surface area contributed by atoms with Crippen LogP contribution < -0.4 is 15.4 Å². The van der Waals surface area contributed by atoms with Gasteiger partial charge in [0, 0.05) is 43.5 Å². The first-order valence-corrected chi connectivity index (χ1v) is 14.7. The number of thiophene rings is 1. The second-order valence-electron chi connectivity index (χ2n) is 11.4. The quantitative estimate of drug-likeness (QED) is 0.272. The van der Waals surface area contributed by atoms with Crippen molar-refractivity contribution >= 4 is 34.8 Å². The number of piperidine rings is 1. The fraction of sp³-hybridized carbons (Fsp3) is 0.355. The number of aromatic nitrogens is 3. The first-order valence-electron chi connectivity index (χ1n) is 13.8. The Hall–Kier alpha value is -4.18. The van der Waals surface area contributed by atoms with Gasteiger partial charge in [-0.1, -0.05) is 38.5 Å². The minimum Gasteiger partial charge on any atom is -0.474 e. The lowest BCUT2D eigenvalue weighted by Gasteiger charge is -2.31. The number of urea groups is 1. The maximum atomic E-state index is 12.9. The molecule has 0 saturated carbocycles. The van der Waals surface area contributed by atoms with Crippen LogP contribution in [-0.4, -0.2) is 50.8 Å². The van der Waals surface area contributed by atoms with E-state index in [9.17, 15) is 9.59 Å². The van der Waals surface area contributed by atoms with E-state index in [4.69, 9.17) is 9.84 Å². The van der Waals surface area contributed by atoms with Gasteiger partial charge in [-0.05, 0) is 49.1 Å². The van der Waals surface area contributed by atoms with Crippen molar-refractivity contribution in [3.8, 4) is 11.6 Å². The molecule has 10 heteroatoms. The average Bonchev–Trinajstić information content (AvgIpc) is 3.56. The van der Waals surface area contributed by atoms with Crippen molar-refractivity contribution in [3.05, 3.63) is 81.8 Å². The van der Waals surface area contributed by atoms with Crippen LogP contribution in [0.3, 0.4) is 0 Å². The number of carbonyl (C=O) groups is 2. The number of nitrogens with one attached hydrogen (secondary N) is 2. The number of benzene rings is 1. The Kier molecular flexibility index (Phi) is 8.12. The molecule has 3 aromatic heterocycles. The van der Waals surface area contributed by atoms with Crippen molar-refractivity contribution in [2.45, 2.75) is 59.0 Å². The molecule has 214 valence electrons. The maximum absolute atomic E-state index is 12.9. The first kappa shape index (κ1) is 28.4. The number of hydrogen-bond donors (Lipinski definition) is 2. The number of aryl methyl sites for hydroxylation is 2. The molecule has 1 aliphatic heterocycles. The molecule has 5 rings (SSSR count). The Labute approximate surface area is 244 Å². The number of nitrogens with zero attached hydrogens (tertiary/aromatic N) is 4. The van der Waals surface area contributed by atoms with Gasteiger partial charge in [-0.3, -0.25) is 10.1 Å². The Morgan fingerprint density at radius 2 is 1.73 bits per heavy atom. The van der Waals surface area contributed by atoms with Crippen molar-refractivity contribution in [1.82, 2.24) is 19.7 Å². The van der Waals surface area contributed by atoms with Gasteiger partial charge in [-0.15, -0.1) is 11.3 Å². The van der Waals surface area contributed by atoms with Gasteiger partial charge < -0.3 is 15.0 Å². The second-order valence-corrected chi connectivity index (χ2v) is 12.3. The predicted octanol–water partition coefficient (Wildman–Crippen LogP) is 6.57. The molecule has 1 aromatic carbocycles. The zero-order valence-electron chi connectivity index (χ0n) is 24.1. The molecule has 1 fully saturated rings. The number of carbonyl (C=O) groups excluding carboxylic acids is 2. The Bertz CT molecular complexity index is 1510. The summed E-state index contributed by atoms with van der Waals surface area (Å²) in [6.45, 7) is 11.6. The van der Waals surface area contributed by atoms with Crippen molar-refractivity contribution in [3.63, 3.8) is 0 Å². The second kappa shape index (κ2) is 11.7. The van der Waals surface area contributed by atoms with Gasteiger partial charge in [0.15, 0.2) is 0 Å². The summed E-state index contributed by atoms with van der Waals surface area (Å²) < 4.78 is 7.82. The lowest BCUT2D eigenvalue weighted by molar-refractivity contribution is 0.0591. The minimum absolute atomic E-state index is 0.0165. The fourth-order valence-electron chi connectivity index (χ4n) is 4.61. The summed E-state index contributed by atoms with van der Waals surface area (Å²) in [6, 6.07) is 15.0. The average molecular weight is 573 g/mol. The smallest absolute Gasteiger partial charge is 0.324 e. The molecule has 2 N–H and O–H groups in total. The third-order valence-corrected chi connectivity index (χ3v) is 8.07. The molecule has 1 aliphatic rings. The first-order chi connectivity index (χ1) is 19.6. The van der Waals surface area contributed by atoms with E-state index < -0.39 is 6.03 Å². The van der Waals surface area contributed by atoms with Crippen LogP contribution >= 0.6 is 11.3 Å². The van der Waals surface area contributed by atoms with Gasteiger partial charge in [0.2, 0.25) is 5.88 Å². The molecule has 0 aliphatic carbocycles. The van der Waals surface area contributed by atoms with Gasteiger partial charge in [0.25, 0.3) is 5.91 Å². The highest BCUT2D eigenvalue weighted by molar-refractivity contribution is 7.12. The number of hydrogen-bond acceptors (Lipinski definition) is 6. The molecule has 0 bridgehead atoms. The molecule has 0 atom stereocenters.